The van der Waals surface area contributed by atoms with Gasteiger partial charge in [0.15, 0.2) is 0 Å². The largest absolute Gasteiger partial charge is 0.311 e. The molecule has 1 aliphatic rings. The van der Waals surface area contributed by atoms with Crippen LogP contribution in [0.15, 0.2) is 0 Å². The van der Waals surface area contributed by atoms with Crippen molar-refractivity contribution < 1.29 is 0 Å². The Bertz CT molecular complexity index is 196. The molecule has 0 aromatic carbocycles. The lowest BCUT2D eigenvalue weighted by Crippen LogP contribution is -2.35. The fourth-order valence-corrected chi connectivity index (χ4v) is 2.90. The lowest BCUT2D eigenvalue weighted by atomic mass is 9.91. The second-order valence-electron chi connectivity index (χ2n) is 7.00. The van der Waals surface area contributed by atoms with Gasteiger partial charge in [-0.25, -0.2) is 0 Å². The average Bonchev–Trinajstić information content (AvgIpc) is 2.44. The van der Waals surface area contributed by atoms with E-state index in [0.29, 0.717) is 11.5 Å². The molecule has 96 valence electrons. The third kappa shape index (κ3) is 5.34. The van der Waals surface area contributed by atoms with Crippen LogP contribution in [0.5, 0.6) is 0 Å². The molecule has 0 heterocycles. The number of nitrogens with one attached hydrogen (secondary N) is 1. The standard InChI is InChI=1S/C15H31N/c1-12(2)7-6-8-13(3)16-14-9-10-15(4,5)11-14/h12-14,16H,6-11H2,1-5H3. The molecule has 1 saturated carbocycles. The summed E-state index contributed by atoms with van der Waals surface area (Å²) in [4.78, 5) is 0. The molecular formula is C15H31N. The Morgan fingerprint density at radius 3 is 2.38 bits per heavy atom. The molecule has 1 rings (SSSR count). The maximum atomic E-state index is 3.81. The van der Waals surface area contributed by atoms with Crippen LogP contribution in [0, 0.1) is 11.3 Å². The second-order valence-corrected chi connectivity index (χ2v) is 7.00. The van der Waals surface area contributed by atoms with Gasteiger partial charge in [0, 0.05) is 12.1 Å². The molecule has 0 aliphatic heterocycles. The molecule has 0 radical (unpaired) electrons. The molecule has 2 atom stereocenters. The van der Waals surface area contributed by atoms with Crippen LogP contribution in [-0.2, 0) is 0 Å². The fourth-order valence-electron chi connectivity index (χ4n) is 2.90. The normalized spacial score (nSPS) is 26.2. The zero-order valence-corrected chi connectivity index (χ0v) is 12.0. The van der Waals surface area contributed by atoms with E-state index >= 15 is 0 Å². The monoisotopic (exact) mass is 225 g/mol. The van der Waals surface area contributed by atoms with Crippen molar-refractivity contribution in [3.63, 3.8) is 0 Å². The highest BCUT2D eigenvalue weighted by Gasteiger charge is 2.31. The Morgan fingerprint density at radius 2 is 1.88 bits per heavy atom. The van der Waals surface area contributed by atoms with Gasteiger partial charge in [-0.05, 0) is 43.9 Å². The van der Waals surface area contributed by atoms with Crippen molar-refractivity contribution >= 4 is 0 Å². The van der Waals surface area contributed by atoms with E-state index < -0.39 is 0 Å². The van der Waals surface area contributed by atoms with E-state index in [-0.39, 0.29) is 0 Å². The topological polar surface area (TPSA) is 12.0 Å². The van der Waals surface area contributed by atoms with Crippen LogP contribution in [0.25, 0.3) is 0 Å². The van der Waals surface area contributed by atoms with E-state index in [1.165, 1.54) is 38.5 Å². The molecule has 1 N–H and O–H groups in total. The van der Waals surface area contributed by atoms with E-state index in [0.717, 1.165) is 12.0 Å². The van der Waals surface area contributed by atoms with Crippen molar-refractivity contribution in [2.75, 3.05) is 0 Å². The van der Waals surface area contributed by atoms with Gasteiger partial charge in [0.05, 0.1) is 0 Å². The summed E-state index contributed by atoms with van der Waals surface area (Å²) in [5.74, 6) is 0.859. The summed E-state index contributed by atoms with van der Waals surface area (Å²) in [5.41, 5.74) is 0.579. The summed E-state index contributed by atoms with van der Waals surface area (Å²) in [5, 5.41) is 3.81. The van der Waals surface area contributed by atoms with Crippen LogP contribution in [-0.4, -0.2) is 12.1 Å². The van der Waals surface area contributed by atoms with E-state index in [1.54, 1.807) is 0 Å². The van der Waals surface area contributed by atoms with E-state index in [4.69, 9.17) is 0 Å². The van der Waals surface area contributed by atoms with Gasteiger partial charge in [0.25, 0.3) is 0 Å². The van der Waals surface area contributed by atoms with Crippen molar-refractivity contribution in [3.8, 4) is 0 Å². The highest BCUT2D eigenvalue weighted by Crippen LogP contribution is 2.37. The predicted molar refractivity (Wildman–Crippen MR) is 72.7 cm³/mol. The third-order valence-electron chi connectivity index (χ3n) is 3.91. The SMILES string of the molecule is CC(C)CCCC(C)NC1CCC(C)(C)C1. The van der Waals surface area contributed by atoms with Gasteiger partial charge >= 0.3 is 0 Å². The maximum Gasteiger partial charge on any atom is 0.00748 e. The van der Waals surface area contributed by atoms with Crippen molar-refractivity contribution in [3.05, 3.63) is 0 Å². The second kappa shape index (κ2) is 6.05. The van der Waals surface area contributed by atoms with Crippen LogP contribution in [0.2, 0.25) is 0 Å². The fraction of sp³-hybridized carbons (Fsp3) is 1.00. The van der Waals surface area contributed by atoms with Crippen LogP contribution in [0.1, 0.15) is 73.1 Å². The van der Waals surface area contributed by atoms with Crippen LogP contribution >= 0.6 is 0 Å². The molecular weight excluding hydrogens is 194 g/mol. The summed E-state index contributed by atoms with van der Waals surface area (Å²) in [6.45, 7) is 11.8. The molecule has 1 aliphatic carbocycles. The zero-order valence-electron chi connectivity index (χ0n) is 12.0. The van der Waals surface area contributed by atoms with Crippen LogP contribution in [0.3, 0.4) is 0 Å². The van der Waals surface area contributed by atoms with Gasteiger partial charge in [-0.3, -0.25) is 0 Å². The third-order valence-corrected chi connectivity index (χ3v) is 3.91. The number of hydrogen-bond acceptors (Lipinski definition) is 1. The van der Waals surface area contributed by atoms with Gasteiger partial charge in [-0.1, -0.05) is 40.5 Å². The molecule has 1 heteroatoms. The quantitative estimate of drug-likeness (QED) is 0.708. The zero-order chi connectivity index (χ0) is 12.2. The van der Waals surface area contributed by atoms with Crippen molar-refractivity contribution in [2.45, 2.75) is 85.2 Å². The van der Waals surface area contributed by atoms with Crippen molar-refractivity contribution in [1.29, 1.82) is 0 Å². The first kappa shape index (κ1) is 14.0. The van der Waals surface area contributed by atoms with Gasteiger partial charge < -0.3 is 5.32 Å². The molecule has 0 aromatic heterocycles. The molecule has 0 saturated heterocycles. The minimum Gasteiger partial charge on any atom is -0.311 e. The average molecular weight is 225 g/mol. The molecule has 0 spiro atoms. The maximum absolute atomic E-state index is 3.81. The van der Waals surface area contributed by atoms with Crippen molar-refractivity contribution in [1.82, 2.24) is 5.32 Å². The Balaban J connectivity index is 2.13. The highest BCUT2D eigenvalue weighted by atomic mass is 14.9. The highest BCUT2D eigenvalue weighted by molar-refractivity contribution is 4.87. The smallest absolute Gasteiger partial charge is 0.00748 e. The van der Waals surface area contributed by atoms with Crippen LogP contribution in [0.4, 0.5) is 0 Å². The van der Waals surface area contributed by atoms with Gasteiger partial charge in [0.2, 0.25) is 0 Å². The molecule has 16 heavy (non-hydrogen) atoms. The lowest BCUT2D eigenvalue weighted by Gasteiger charge is -2.22. The van der Waals surface area contributed by atoms with Gasteiger partial charge in [-0.15, -0.1) is 0 Å². The Kier molecular flexibility index (Phi) is 5.30. The molecule has 0 bridgehead atoms. The molecule has 0 aromatic rings. The van der Waals surface area contributed by atoms with E-state index in [2.05, 4.69) is 39.9 Å². The summed E-state index contributed by atoms with van der Waals surface area (Å²) < 4.78 is 0. The minimum atomic E-state index is 0.579. The molecule has 0 amide bonds. The molecule has 1 fully saturated rings. The lowest BCUT2D eigenvalue weighted by molar-refractivity contribution is 0.348. The van der Waals surface area contributed by atoms with Crippen molar-refractivity contribution in [2.24, 2.45) is 11.3 Å². The van der Waals surface area contributed by atoms with Crippen LogP contribution < -0.4 is 5.32 Å². The number of hydrogen-bond donors (Lipinski definition) is 1. The van der Waals surface area contributed by atoms with E-state index in [1.807, 2.05) is 0 Å². The summed E-state index contributed by atoms with van der Waals surface area (Å²) in [6, 6.07) is 1.49. The predicted octanol–water partition coefficient (Wildman–Crippen LogP) is 4.37. The first-order chi connectivity index (χ1) is 7.39. The van der Waals surface area contributed by atoms with Gasteiger partial charge in [0.1, 0.15) is 0 Å². The first-order valence-corrected chi connectivity index (χ1v) is 7.15. The minimum absolute atomic E-state index is 0.579. The Hall–Kier alpha value is -0.0400. The summed E-state index contributed by atoms with van der Waals surface area (Å²) in [6.07, 6.45) is 8.23. The summed E-state index contributed by atoms with van der Waals surface area (Å²) in [7, 11) is 0. The van der Waals surface area contributed by atoms with E-state index in [9.17, 15) is 0 Å². The molecule has 2 unspecified atom stereocenters. The number of rotatable bonds is 6. The van der Waals surface area contributed by atoms with Gasteiger partial charge in [-0.2, -0.15) is 0 Å². The Labute approximate surface area is 102 Å². The Morgan fingerprint density at radius 1 is 1.19 bits per heavy atom. The first-order valence-electron chi connectivity index (χ1n) is 7.15. The molecule has 1 nitrogen and oxygen atoms in total. The summed E-state index contributed by atoms with van der Waals surface area (Å²) >= 11 is 0.